The van der Waals surface area contributed by atoms with Crippen LogP contribution in [0.4, 0.5) is 17.1 Å². The molecule has 1 aliphatic rings. The molecule has 0 atom stereocenters. The number of anilines is 3. The van der Waals surface area contributed by atoms with Crippen LogP contribution >= 0.6 is 11.6 Å². The number of ether oxygens (including phenoxy) is 1. The number of nitrogens with two attached hydrogens (primary N) is 1. The second-order valence-corrected chi connectivity index (χ2v) is 6.77. The van der Waals surface area contributed by atoms with Gasteiger partial charge in [0, 0.05) is 31.7 Å². The van der Waals surface area contributed by atoms with Crippen molar-refractivity contribution in [3.8, 4) is 5.75 Å². The van der Waals surface area contributed by atoms with Crippen LogP contribution in [-0.4, -0.2) is 51.1 Å². The number of carbonyl (C=O) groups excluding carboxylic acids is 1. The zero-order valence-electron chi connectivity index (χ0n) is 15.0. The Labute approximate surface area is 158 Å². The van der Waals surface area contributed by atoms with Crippen LogP contribution in [0.15, 0.2) is 36.4 Å². The first-order valence-corrected chi connectivity index (χ1v) is 8.83. The van der Waals surface area contributed by atoms with Gasteiger partial charge in [-0.25, -0.2) is 0 Å². The van der Waals surface area contributed by atoms with Crippen molar-refractivity contribution in [1.82, 2.24) is 4.90 Å². The van der Waals surface area contributed by atoms with Gasteiger partial charge in [-0.2, -0.15) is 0 Å². The van der Waals surface area contributed by atoms with Gasteiger partial charge in [0.05, 0.1) is 29.2 Å². The Morgan fingerprint density at radius 3 is 2.62 bits per heavy atom. The van der Waals surface area contributed by atoms with Crippen LogP contribution in [0, 0.1) is 0 Å². The first-order chi connectivity index (χ1) is 12.5. The van der Waals surface area contributed by atoms with Crippen molar-refractivity contribution in [3.63, 3.8) is 0 Å². The van der Waals surface area contributed by atoms with E-state index in [1.54, 1.807) is 37.4 Å². The fraction of sp³-hybridized carbons (Fsp3) is 0.316. The maximum absolute atomic E-state index is 12.6. The summed E-state index contributed by atoms with van der Waals surface area (Å²) in [5, 5.41) is 3.29. The van der Waals surface area contributed by atoms with Gasteiger partial charge in [-0.1, -0.05) is 17.7 Å². The molecule has 2 aromatic carbocycles. The molecule has 138 valence electrons. The molecule has 0 radical (unpaired) electrons. The molecule has 0 saturated carbocycles. The number of halogens is 1. The Hall–Kier alpha value is -2.44. The van der Waals surface area contributed by atoms with E-state index in [9.17, 15) is 4.79 Å². The van der Waals surface area contributed by atoms with Gasteiger partial charge in [-0.05, 0) is 37.4 Å². The van der Waals surface area contributed by atoms with Crippen molar-refractivity contribution in [1.29, 1.82) is 0 Å². The molecule has 3 N–H and O–H groups in total. The lowest BCUT2D eigenvalue weighted by atomic mass is 10.1. The predicted octanol–water partition coefficient (Wildman–Crippen LogP) is 2.93. The number of nitrogens with zero attached hydrogens (tertiary/aromatic N) is 2. The normalized spacial score (nSPS) is 15.0. The topological polar surface area (TPSA) is 70.8 Å². The van der Waals surface area contributed by atoms with Crippen LogP contribution in [0.5, 0.6) is 5.75 Å². The largest absolute Gasteiger partial charge is 0.497 e. The number of carbonyl (C=O) groups is 1. The van der Waals surface area contributed by atoms with Crippen molar-refractivity contribution in [3.05, 3.63) is 47.0 Å². The number of nitrogen functional groups attached to an aromatic ring is 1. The number of hydrogen-bond acceptors (Lipinski definition) is 5. The Kier molecular flexibility index (Phi) is 5.54. The minimum atomic E-state index is -0.250. The SMILES string of the molecule is COc1cccc(C(=O)Nc2cc(N3CCN(C)CC3)c(N)cc2Cl)c1. The van der Waals surface area contributed by atoms with Crippen LogP contribution in [0.3, 0.4) is 0 Å². The van der Waals surface area contributed by atoms with E-state index in [2.05, 4.69) is 22.2 Å². The molecule has 1 fully saturated rings. The van der Waals surface area contributed by atoms with Crippen molar-refractivity contribution in [2.75, 3.05) is 56.3 Å². The Bertz CT molecular complexity index is 804. The summed E-state index contributed by atoms with van der Waals surface area (Å²) < 4.78 is 5.17. The number of likely N-dealkylation sites (N-methyl/N-ethyl adjacent to an activating group) is 1. The molecular weight excluding hydrogens is 352 g/mol. The van der Waals surface area contributed by atoms with Gasteiger partial charge in [-0.15, -0.1) is 0 Å². The maximum Gasteiger partial charge on any atom is 0.255 e. The number of hydrogen-bond donors (Lipinski definition) is 2. The molecule has 1 saturated heterocycles. The van der Waals surface area contributed by atoms with Crippen LogP contribution in [0.1, 0.15) is 10.4 Å². The molecule has 2 aromatic rings. The van der Waals surface area contributed by atoms with E-state index in [1.165, 1.54) is 0 Å². The Morgan fingerprint density at radius 2 is 1.92 bits per heavy atom. The van der Waals surface area contributed by atoms with E-state index < -0.39 is 0 Å². The smallest absolute Gasteiger partial charge is 0.255 e. The van der Waals surface area contributed by atoms with E-state index in [-0.39, 0.29) is 5.91 Å². The predicted molar refractivity (Wildman–Crippen MR) is 107 cm³/mol. The summed E-state index contributed by atoms with van der Waals surface area (Å²) in [6.45, 7) is 3.69. The van der Waals surface area contributed by atoms with Crippen molar-refractivity contribution in [2.45, 2.75) is 0 Å². The average Bonchev–Trinajstić information content (AvgIpc) is 2.64. The summed E-state index contributed by atoms with van der Waals surface area (Å²) in [5.74, 6) is 0.374. The van der Waals surface area contributed by atoms with Crippen molar-refractivity contribution >= 4 is 34.6 Å². The molecule has 26 heavy (non-hydrogen) atoms. The maximum atomic E-state index is 12.6. The fourth-order valence-electron chi connectivity index (χ4n) is 2.95. The van der Waals surface area contributed by atoms with Crippen LogP contribution in [0.2, 0.25) is 5.02 Å². The zero-order chi connectivity index (χ0) is 18.7. The monoisotopic (exact) mass is 374 g/mol. The number of piperazine rings is 1. The van der Waals surface area contributed by atoms with Gasteiger partial charge >= 0.3 is 0 Å². The van der Waals surface area contributed by atoms with Crippen LogP contribution in [-0.2, 0) is 0 Å². The highest BCUT2D eigenvalue weighted by Gasteiger charge is 2.19. The van der Waals surface area contributed by atoms with Gasteiger partial charge in [0.1, 0.15) is 5.75 Å². The third-order valence-electron chi connectivity index (χ3n) is 4.54. The minimum Gasteiger partial charge on any atom is -0.497 e. The van der Waals surface area contributed by atoms with E-state index in [4.69, 9.17) is 22.1 Å². The minimum absolute atomic E-state index is 0.250. The highest BCUT2D eigenvalue weighted by molar-refractivity contribution is 6.34. The molecular formula is C19H23ClN4O2. The lowest BCUT2D eigenvalue weighted by Crippen LogP contribution is -2.44. The lowest BCUT2D eigenvalue weighted by Gasteiger charge is -2.35. The van der Waals surface area contributed by atoms with Gasteiger partial charge in [-0.3, -0.25) is 4.79 Å². The quantitative estimate of drug-likeness (QED) is 0.805. The highest BCUT2D eigenvalue weighted by atomic mass is 35.5. The van der Waals surface area contributed by atoms with Gasteiger partial charge in [0.2, 0.25) is 0 Å². The molecule has 1 amide bonds. The lowest BCUT2D eigenvalue weighted by molar-refractivity contribution is 0.102. The van der Waals surface area contributed by atoms with Gasteiger partial charge < -0.3 is 25.6 Å². The second-order valence-electron chi connectivity index (χ2n) is 6.37. The first kappa shape index (κ1) is 18.4. The molecule has 3 rings (SSSR count). The summed E-state index contributed by atoms with van der Waals surface area (Å²) >= 11 is 6.31. The van der Waals surface area contributed by atoms with Crippen molar-refractivity contribution < 1.29 is 9.53 Å². The van der Waals surface area contributed by atoms with E-state index >= 15 is 0 Å². The summed E-state index contributed by atoms with van der Waals surface area (Å²) in [5.41, 5.74) is 8.71. The summed E-state index contributed by atoms with van der Waals surface area (Å²) in [7, 11) is 3.67. The molecule has 6 nitrogen and oxygen atoms in total. The molecule has 0 aliphatic carbocycles. The molecule has 0 bridgehead atoms. The summed E-state index contributed by atoms with van der Waals surface area (Å²) in [4.78, 5) is 17.1. The zero-order valence-corrected chi connectivity index (χ0v) is 15.7. The van der Waals surface area contributed by atoms with Crippen LogP contribution < -0.4 is 20.7 Å². The molecule has 0 unspecified atom stereocenters. The molecule has 7 heteroatoms. The van der Waals surface area contributed by atoms with Crippen LogP contribution in [0.25, 0.3) is 0 Å². The number of benzene rings is 2. The number of amides is 1. The summed E-state index contributed by atoms with van der Waals surface area (Å²) in [6.07, 6.45) is 0. The third-order valence-corrected chi connectivity index (χ3v) is 4.85. The molecule has 1 heterocycles. The Balaban J connectivity index is 1.83. The molecule has 0 aromatic heterocycles. The van der Waals surface area contributed by atoms with E-state index in [0.29, 0.717) is 27.7 Å². The standard InChI is InChI=1S/C19H23ClN4O2/c1-23-6-8-24(9-7-23)18-12-17(15(20)11-16(18)21)22-19(25)13-4-3-5-14(10-13)26-2/h3-5,10-12H,6-9,21H2,1-2H3,(H,22,25). The number of methoxy groups -OCH3 is 1. The Morgan fingerprint density at radius 1 is 1.19 bits per heavy atom. The molecule has 0 spiro atoms. The first-order valence-electron chi connectivity index (χ1n) is 8.46. The average molecular weight is 375 g/mol. The molecule has 1 aliphatic heterocycles. The van der Waals surface area contributed by atoms with E-state index in [1.807, 2.05) is 6.07 Å². The number of nitrogens with one attached hydrogen (secondary N) is 1. The number of rotatable bonds is 4. The summed E-state index contributed by atoms with van der Waals surface area (Å²) in [6, 6.07) is 10.5. The van der Waals surface area contributed by atoms with Gasteiger partial charge in [0.25, 0.3) is 5.91 Å². The van der Waals surface area contributed by atoms with Crippen molar-refractivity contribution in [2.24, 2.45) is 0 Å². The van der Waals surface area contributed by atoms with Gasteiger partial charge in [0.15, 0.2) is 0 Å². The fourth-order valence-corrected chi connectivity index (χ4v) is 3.17. The second kappa shape index (κ2) is 7.85. The third kappa shape index (κ3) is 4.03. The van der Waals surface area contributed by atoms with E-state index in [0.717, 1.165) is 31.9 Å². The highest BCUT2D eigenvalue weighted by Crippen LogP contribution is 2.34.